The zero-order valence-electron chi connectivity index (χ0n) is 18.1. The minimum Gasteiger partial charge on any atom is -0.497 e. The van der Waals surface area contributed by atoms with Crippen LogP contribution in [0.2, 0.25) is 5.02 Å². The Morgan fingerprint density at radius 3 is 2.03 bits per heavy atom. The molecule has 0 fully saturated rings. The molecule has 3 aromatic carbocycles. The van der Waals surface area contributed by atoms with Crippen LogP contribution in [0.3, 0.4) is 0 Å². The van der Waals surface area contributed by atoms with Gasteiger partial charge in [-0.15, -0.1) is 0 Å². The summed E-state index contributed by atoms with van der Waals surface area (Å²) in [7, 11) is 3.31. The van der Waals surface area contributed by atoms with Crippen LogP contribution in [0.1, 0.15) is 5.56 Å². The number of hydrogen-bond acceptors (Lipinski definition) is 4. The van der Waals surface area contributed by atoms with Gasteiger partial charge in [0, 0.05) is 22.3 Å². The van der Waals surface area contributed by atoms with Crippen LogP contribution < -0.4 is 9.47 Å². The molecule has 0 atom stereocenters. The third-order valence-electron chi connectivity index (χ3n) is 5.37. The Hall–Kier alpha value is -4.03. The van der Waals surface area contributed by atoms with E-state index in [1.54, 1.807) is 25.1 Å². The average Bonchev–Trinajstić information content (AvgIpc) is 3.43. The van der Waals surface area contributed by atoms with Crippen LogP contribution in [0.5, 0.6) is 11.5 Å². The highest BCUT2D eigenvalue weighted by atomic mass is 35.5. The molecule has 33 heavy (non-hydrogen) atoms. The lowest BCUT2D eigenvalue weighted by Crippen LogP contribution is -1.91. The number of hydrogen-bond donors (Lipinski definition) is 0. The molecular weight excluding hydrogens is 436 g/mol. The molecule has 0 aliphatic carbocycles. The van der Waals surface area contributed by atoms with Crippen molar-refractivity contribution in [1.29, 1.82) is 0 Å². The number of benzene rings is 3. The first-order chi connectivity index (χ1) is 16.1. The zero-order chi connectivity index (χ0) is 22.8. The second-order valence-electron chi connectivity index (χ2n) is 7.41. The van der Waals surface area contributed by atoms with Crippen LogP contribution in [-0.2, 0) is 0 Å². The standard InChI is InChI=1S/C26H21ClN4O2/c1-32-22-11-3-18(4-12-22)15-28-31-17-25(20-7-13-23(33-2)14-8-20)30-16-24(29-26(30)31)19-5-9-21(27)10-6-19/h3-17H,1-2H3/b28-15-. The molecule has 0 spiro atoms. The van der Waals surface area contributed by atoms with Crippen LogP contribution >= 0.6 is 11.6 Å². The summed E-state index contributed by atoms with van der Waals surface area (Å²) < 4.78 is 14.4. The van der Waals surface area contributed by atoms with Crippen molar-refractivity contribution >= 4 is 23.6 Å². The molecule has 0 N–H and O–H groups in total. The van der Waals surface area contributed by atoms with Gasteiger partial charge >= 0.3 is 0 Å². The molecular formula is C26H21ClN4O2. The Bertz CT molecular complexity index is 1420. The molecule has 0 bridgehead atoms. The number of methoxy groups -OCH3 is 2. The van der Waals surface area contributed by atoms with Gasteiger partial charge in [0.2, 0.25) is 5.78 Å². The Labute approximate surface area is 196 Å². The summed E-state index contributed by atoms with van der Waals surface area (Å²) in [6.45, 7) is 0. The van der Waals surface area contributed by atoms with Gasteiger partial charge in [-0.25, -0.2) is 9.66 Å². The number of fused-ring (bicyclic) bond motifs is 1. The van der Waals surface area contributed by atoms with Crippen molar-refractivity contribution in [3.8, 4) is 34.0 Å². The van der Waals surface area contributed by atoms with Gasteiger partial charge in [-0.1, -0.05) is 23.7 Å². The summed E-state index contributed by atoms with van der Waals surface area (Å²) in [5.74, 6) is 2.31. The lowest BCUT2D eigenvalue weighted by atomic mass is 10.1. The number of rotatable bonds is 6. The number of aromatic nitrogens is 3. The van der Waals surface area contributed by atoms with Gasteiger partial charge in [0.25, 0.3) is 0 Å². The molecule has 7 heteroatoms. The number of halogens is 1. The Kier molecular flexibility index (Phi) is 5.59. The second-order valence-corrected chi connectivity index (χ2v) is 7.84. The number of imidazole rings is 2. The monoisotopic (exact) mass is 456 g/mol. The van der Waals surface area contributed by atoms with Crippen molar-refractivity contribution in [2.24, 2.45) is 5.10 Å². The minimum atomic E-state index is 0.690. The van der Waals surface area contributed by atoms with Crippen molar-refractivity contribution < 1.29 is 9.47 Å². The van der Waals surface area contributed by atoms with E-state index in [0.717, 1.165) is 39.6 Å². The maximum Gasteiger partial charge on any atom is 0.236 e. The molecule has 0 amide bonds. The molecule has 0 unspecified atom stereocenters. The first kappa shape index (κ1) is 20.8. The van der Waals surface area contributed by atoms with Crippen molar-refractivity contribution in [3.63, 3.8) is 0 Å². The van der Waals surface area contributed by atoms with E-state index < -0.39 is 0 Å². The SMILES string of the molecule is COc1ccc(/C=N\n2cc(-c3ccc(OC)cc3)n3cc(-c4ccc(Cl)cc4)nc23)cc1. The second kappa shape index (κ2) is 8.84. The first-order valence-corrected chi connectivity index (χ1v) is 10.7. The summed E-state index contributed by atoms with van der Waals surface area (Å²) >= 11 is 6.06. The molecule has 5 rings (SSSR count). The smallest absolute Gasteiger partial charge is 0.236 e. The van der Waals surface area contributed by atoms with E-state index in [-0.39, 0.29) is 0 Å². The molecule has 2 aromatic heterocycles. The summed E-state index contributed by atoms with van der Waals surface area (Å²) in [5.41, 5.74) is 4.77. The van der Waals surface area contributed by atoms with Gasteiger partial charge in [0.1, 0.15) is 11.5 Å². The normalized spacial score (nSPS) is 11.4. The molecule has 0 aliphatic heterocycles. The van der Waals surface area contributed by atoms with Crippen LogP contribution in [0, 0.1) is 0 Å². The number of nitrogens with zero attached hydrogens (tertiary/aromatic N) is 4. The van der Waals surface area contributed by atoms with Gasteiger partial charge in [-0.2, -0.15) is 5.10 Å². The van der Waals surface area contributed by atoms with E-state index in [1.807, 2.05) is 89.6 Å². The van der Waals surface area contributed by atoms with Crippen molar-refractivity contribution in [2.75, 3.05) is 14.2 Å². The predicted molar refractivity (Wildman–Crippen MR) is 132 cm³/mol. The quantitative estimate of drug-likeness (QED) is 0.293. The highest BCUT2D eigenvalue weighted by Crippen LogP contribution is 2.28. The van der Waals surface area contributed by atoms with E-state index in [9.17, 15) is 0 Å². The summed E-state index contributed by atoms with van der Waals surface area (Å²) in [5, 5.41) is 5.37. The van der Waals surface area contributed by atoms with Crippen molar-refractivity contribution in [3.05, 3.63) is 95.8 Å². The Morgan fingerprint density at radius 1 is 0.788 bits per heavy atom. The molecule has 0 saturated heterocycles. The molecule has 0 saturated carbocycles. The molecule has 5 aromatic rings. The fourth-order valence-corrected chi connectivity index (χ4v) is 3.71. The lowest BCUT2D eigenvalue weighted by Gasteiger charge is -2.02. The van der Waals surface area contributed by atoms with Gasteiger partial charge in [-0.05, 0) is 66.2 Å². The molecule has 0 radical (unpaired) electrons. The maximum atomic E-state index is 6.06. The van der Waals surface area contributed by atoms with E-state index in [2.05, 4.69) is 5.10 Å². The van der Waals surface area contributed by atoms with Crippen LogP contribution in [0.4, 0.5) is 0 Å². The average molecular weight is 457 g/mol. The highest BCUT2D eigenvalue weighted by Gasteiger charge is 2.15. The van der Waals surface area contributed by atoms with Gasteiger partial charge in [0.15, 0.2) is 0 Å². The maximum absolute atomic E-state index is 6.06. The molecule has 164 valence electrons. The summed E-state index contributed by atoms with van der Waals surface area (Å²) in [4.78, 5) is 4.86. The largest absolute Gasteiger partial charge is 0.497 e. The predicted octanol–water partition coefficient (Wildman–Crippen LogP) is 6.02. The van der Waals surface area contributed by atoms with Crippen molar-refractivity contribution in [2.45, 2.75) is 0 Å². The molecule has 2 heterocycles. The Balaban J connectivity index is 1.60. The topological polar surface area (TPSA) is 53.0 Å². The molecule has 0 aliphatic rings. The first-order valence-electron chi connectivity index (χ1n) is 10.3. The summed E-state index contributed by atoms with van der Waals surface area (Å²) in [6, 6.07) is 23.3. The third kappa shape index (κ3) is 4.21. The zero-order valence-corrected chi connectivity index (χ0v) is 18.9. The van der Waals surface area contributed by atoms with Crippen molar-refractivity contribution in [1.82, 2.24) is 14.1 Å². The van der Waals surface area contributed by atoms with E-state index in [0.29, 0.717) is 10.8 Å². The minimum absolute atomic E-state index is 0.690. The van der Waals surface area contributed by atoms with E-state index in [4.69, 9.17) is 26.1 Å². The van der Waals surface area contributed by atoms with Gasteiger partial charge < -0.3 is 9.47 Å². The van der Waals surface area contributed by atoms with Gasteiger partial charge in [0.05, 0.1) is 38.0 Å². The Morgan fingerprint density at radius 2 is 1.39 bits per heavy atom. The number of ether oxygens (including phenoxy) is 2. The summed E-state index contributed by atoms with van der Waals surface area (Å²) in [6.07, 6.45) is 5.78. The van der Waals surface area contributed by atoms with E-state index >= 15 is 0 Å². The van der Waals surface area contributed by atoms with E-state index in [1.165, 1.54) is 0 Å². The fourth-order valence-electron chi connectivity index (χ4n) is 3.58. The van der Waals surface area contributed by atoms with Crippen LogP contribution in [-0.4, -0.2) is 34.5 Å². The van der Waals surface area contributed by atoms with Crippen LogP contribution in [0.25, 0.3) is 28.3 Å². The highest BCUT2D eigenvalue weighted by molar-refractivity contribution is 6.30. The lowest BCUT2D eigenvalue weighted by molar-refractivity contribution is 0.414. The fraction of sp³-hybridized carbons (Fsp3) is 0.0769. The third-order valence-corrected chi connectivity index (χ3v) is 5.62. The molecule has 6 nitrogen and oxygen atoms in total. The van der Waals surface area contributed by atoms with Gasteiger partial charge in [-0.3, -0.25) is 4.40 Å². The van der Waals surface area contributed by atoms with Crippen LogP contribution in [0.15, 0.2) is 90.3 Å².